The summed E-state index contributed by atoms with van der Waals surface area (Å²) >= 11 is 0. The van der Waals surface area contributed by atoms with Gasteiger partial charge in [0.05, 0.1) is 11.8 Å². The van der Waals surface area contributed by atoms with Crippen molar-refractivity contribution >= 4 is 0 Å². The van der Waals surface area contributed by atoms with Gasteiger partial charge in [0.2, 0.25) is 0 Å². The zero-order chi connectivity index (χ0) is 12.3. The van der Waals surface area contributed by atoms with E-state index in [1.165, 1.54) is 12.1 Å². The van der Waals surface area contributed by atoms with Crippen molar-refractivity contribution in [1.82, 2.24) is 4.98 Å². The molecule has 1 heterocycles. The molecule has 0 radical (unpaired) electrons. The van der Waals surface area contributed by atoms with Gasteiger partial charge in [0.1, 0.15) is 11.7 Å². The van der Waals surface area contributed by atoms with E-state index in [9.17, 15) is 9.65 Å². The predicted octanol–water partition coefficient (Wildman–Crippen LogP) is 3.18. The molecule has 3 heteroatoms. The van der Waals surface area contributed by atoms with Gasteiger partial charge in [-0.05, 0) is 36.2 Å². The van der Waals surface area contributed by atoms with Gasteiger partial charge in [-0.25, -0.2) is 4.39 Å². The molecule has 1 unspecified atom stereocenters. The van der Waals surface area contributed by atoms with Crippen molar-refractivity contribution in [3.8, 4) is 6.07 Å². The molecule has 0 fully saturated rings. The number of nitriles is 1. The van der Waals surface area contributed by atoms with E-state index in [1.807, 2.05) is 19.1 Å². The van der Waals surface area contributed by atoms with Crippen LogP contribution in [0.15, 0.2) is 42.6 Å². The highest BCUT2D eigenvalue weighted by Gasteiger charge is 2.16. The van der Waals surface area contributed by atoms with Gasteiger partial charge in [0.25, 0.3) is 0 Å². The molecule has 0 aliphatic rings. The molecule has 0 aliphatic carbocycles. The van der Waals surface area contributed by atoms with Crippen LogP contribution in [-0.2, 0) is 0 Å². The van der Waals surface area contributed by atoms with E-state index >= 15 is 0 Å². The van der Waals surface area contributed by atoms with E-state index in [-0.39, 0.29) is 5.82 Å². The van der Waals surface area contributed by atoms with Gasteiger partial charge in [-0.15, -0.1) is 0 Å². The number of aromatic nitrogens is 1. The quantitative estimate of drug-likeness (QED) is 0.788. The monoisotopic (exact) mass is 226 g/mol. The van der Waals surface area contributed by atoms with Crippen LogP contribution in [0, 0.1) is 24.1 Å². The van der Waals surface area contributed by atoms with E-state index in [2.05, 4.69) is 11.1 Å². The fourth-order valence-corrected chi connectivity index (χ4v) is 1.75. The fraction of sp³-hybridized carbons (Fsp3) is 0.143. The molecule has 0 spiro atoms. The highest BCUT2D eigenvalue weighted by Crippen LogP contribution is 2.24. The Balaban J connectivity index is 2.45. The summed E-state index contributed by atoms with van der Waals surface area (Å²) in [5.74, 6) is -0.750. The first-order chi connectivity index (χ1) is 8.22. The van der Waals surface area contributed by atoms with E-state index < -0.39 is 5.92 Å². The Morgan fingerprint density at radius 2 is 1.94 bits per heavy atom. The predicted molar refractivity (Wildman–Crippen MR) is 62.8 cm³/mol. The molecule has 1 aromatic heterocycles. The van der Waals surface area contributed by atoms with Gasteiger partial charge in [-0.3, -0.25) is 4.98 Å². The van der Waals surface area contributed by atoms with Crippen LogP contribution in [0.5, 0.6) is 0 Å². The first kappa shape index (κ1) is 11.3. The maximum Gasteiger partial charge on any atom is 0.123 e. The second kappa shape index (κ2) is 4.75. The third kappa shape index (κ3) is 2.31. The lowest BCUT2D eigenvalue weighted by molar-refractivity contribution is 0.627. The number of nitrogens with zero attached hydrogens (tertiary/aromatic N) is 2. The minimum Gasteiger partial charge on any atom is -0.259 e. The Labute approximate surface area is 99.4 Å². The zero-order valence-corrected chi connectivity index (χ0v) is 9.39. The van der Waals surface area contributed by atoms with Gasteiger partial charge in [-0.2, -0.15) is 5.26 Å². The smallest absolute Gasteiger partial charge is 0.123 e. The number of hydrogen-bond donors (Lipinski definition) is 0. The van der Waals surface area contributed by atoms with Crippen LogP contribution in [-0.4, -0.2) is 4.98 Å². The summed E-state index contributed by atoms with van der Waals surface area (Å²) in [6.07, 6.45) is 1.66. The van der Waals surface area contributed by atoms with Crippen LogP contribution in [0.4, 0.5) is 4.39 Å². The van der Waals surface area contributed by atoms with Crippen LogP contribution in [0.3, 0.4) is 0 Å². The molecule has 1 aromatic carbocycles. The average molecular weight is 226 g/mol. The third-order valence-electron chi connectivity index (χ3n) is 2.66. The highest BCUT2D eigenvalue weighted by atomic mass is 19.1. The largest absolute Gasteiger partial charge is 0.259 e. The van der Waals surface area contributed by atoms with E-state index in [0.29, 0.717) is 0 Å². The van der Waals surface area contributed by atoms with Crippen molar-refractivity contribution in [2.24, 2.45) is 0 Å². The SMILES string of the molecule is Cc1cccnc1C(C#N)c1ccc(F)cc1. The lowest BCUT2D eigenvalue weighted by Gasteiger charge is -2.11. The molecule has 2 aromatic rings. The molecular weight excluding hydrogens is 215 g/mol. The van der Waals surface area contributed by atoms with Crippen molar-refractivity contribution in [1.29, 1.82) is 5.26 Å². The molecule has 2 rings (SSSR count). The molecular formula is C14H11FN2. The maximum atomic E-state index is 12.8. The van der Waals surface area contributed by atoms with Crippen molar-refractivity contribution in [2.45, 2.75) is 12.8 Å². The Morgan fingerprint density at radius 1 is 1.24 bits per heavy atom. The summed E-state index contributed by atoms with van der Waals surface area (Å²) in [5, 5.41) is 9.24. The second-order valence-electron chi connectivity index (χ2n) is 3.82. The van der Waals surface area contributed by atoms with Crippen LogP contribution < -0.4 is 0 Å². The molecule has 0 saturated carbocycles. The molecule has 0 saturated heterocycles. The van der Waals surface area contributed by atoms with Gasteiger partial charge < -0.3 is 0 Å². The number of aryl methyl sites for hydroxylation is 1. The number of pyridine rings is 1. The lowest BCUT2D eigenvalue weighted by atomic mass is 9.94. The number of benzene rings is 1. The van der Waals surface area contributed by atoms with Gasteiger partial charge >= 0.3 is 0 Å². The summed E-state index contributed by atoms with van der Waals surface area (Å²) in [4.78, 5) is 4.23. The number of hydrogen-bond acceptors (Lipinski definition) is 2. The average Bonchev–Trinajstić information content (AvgIpc) is 2.35. The Kier molecular flexibility index (Phi) is 3.15. The minimum atomic E-state index is -0.447. The van der Waals surface area contributed by atoms with Gasteiger partial charge in [0, 0.05) is 6.20 Å². The Bertz CT molecular complexity index is 555. The lowest BCUT2D eigenvalue weighted by Crippen LogP contribution is -2.03. The number of rotatable bonds is 2. The normalized spacial score (nSPS) is 11.8. The van der Waals surface area contributed by atoms with Crippen LogP contribution >= 0.6 is 0 Å². The van der Waals surface area contributed by atoms with Crippen molar-refractivity contribution < 1.29 is 4.39 Å². The Hall–Kier alpha value is -2.21. The Morgan fingerprint density at radius 3 is 2.53 bits per heavy atom. The summed E-state index contributed by atoms with van der Waals surface area (Å²) in [6, 6.07) is 11.9. The molecule has 1 atom stereocenters. The maximum absolute atomic E-state index is 12.8. The zero-order valence-electron chi connectivity index (χ0n) is 9.39. The third-order valence-corrected chi connectivity index (χ3v) is 2.66. The van der Waals surface area contributed by atoms with Crippen LogP contribution in [0.2, 0.25) is 0 Å². The second-order valence-corrected chi connectivity index (χ2v) is 3.82. The molecule has 0 aliphatic heterocycles. The number of halogens is 1. The fourth-order valence-electron chi connectivity index (χ4n) is 1.75. The first-order valence-electron chi connectivity index (χ1n) is 5.29. The van der Waals surface area contributed by atoms with Crippen molar-refractivity contribution in [3.63, 3.8) is 0 Å². The summed E-state index contributed by atoms with van der Waals surface area (Å²) in [6.45, 7) is 1.91. The summed E-state index contributed by atoms with van der Waals surface area (Å²) in [7, 11) is 0. The van der Waals surface area contributed by atoms with E-state index in [0.717, 1.165) is 16.8 Å². The summed E-state index contributed by atoms with van der Waals surface area (Å²) in [5.41, 5.74) is 2.45. The topological polar surface area (TPSA) is 36.7 Å². The van der Waals surface area contributed by atoms with Crippen molar-refractivity contribution in [2.75, 3.05) is 0 Å². The minimum absolute atomic E-state index is 0.303. The molecule has 17 heavy (non-hydrogen) atoms. The molecule has 0 bridgehead atoms. The van der Waals surface area contributed by atoms with E-state index in [1.54, 1.807) is 18.3 Å². The molecule has 2 nitrogen and oxygen atoms in total. The first-order valence-corrected chi connectivity index (χ1v) is 5.29. The van der Waals surface area contributed by atoms with Gasteiger partial charge in [-0.1, -0.05) is 18.2 Å². The van der Waals surface area contributed by atoms with Crippen LogP contribution in [0.1, 0.15) is 22.7 Å². The molecule has 0 N–H and O–H groups in total. The van der Waals surface area contributed by atoms with Crippen LogP contribution in [0.25, 0.3) is 0 Å². The van der Waals surface area contributed by atoms with Gasteiger partial charge in [0.15, 0.2) is 0 Å². The summed E-state index contributed by atoms with van der Waals surface area (Å²) < 4.78 is 12.8. The molecule has 84 valence electrons. The van der Waals surface area contributed by atoms with Crippen molar-refractivity contribution in [3.05, 3.63) is 65.2 Å². The highest BCUT2D eigenvalue weighted by molar-refractivity contribution is 5.37. The van der Waals surface area contributed by atoms with E-state index in [4.69, 9.17) is 0 Å². The standard InChI is InChI=1S/C14H11FN2/c1-10-3-2-8-17-14(10)13(9-16)11-4-6-12(15)7-5-11/h2-8,13H,1H3. The molecule has 0 amide bonds.